The molecule has 2 aromatic carbocycles. The second kappa shape index (κ2) is 12.2. The van der Waals surface area contributed by atoms with Crippen molar-refractivity contribution in [3.63, 3.8) is 0 Å². The molecule has 154 valence electrons. The topological polar surface area (TPSA) is 83.2 Å². The minimum Gasteiger partial charge on any atom is -0.494 e. The number of rotatable bonds is 13. The second-order valence-electron chi connectivity index (χ2n) is 6.75. The van der Waals surface area contributed by atoms with Gasteiger partial charge in [0.15, 0.2) is 6.23 Å². The van der Waals surface area contributed by atoms with Crippen LogP contribution in [0.3, 0.4) is 0 Å². The third-order valence-corrected chi connectivity index (χ3v) is 4.30. The Balaban J connectivity index is 1.68. The van der Waals surface area contributed by atoms with Gasteiger partial charge in [-0.15, -0.1) is 0 Å². The molecule has 0 aliphatic carbocycles. The van der Waals surface area contributed by atoms with Gasteiger partial charge >= 0.3 is 0 Å². The first-order valence-corrected chi connectivity index (χ1v) is 9.58. The molecule has 0 aliphatic rings. The maximum Gasteiger partial charge on any atom is 0.173 e. The molecule has 0 heterocycles. The quantitative estimate of drug-likeness (QED) is 0.404. The number of hydrogen-bond donors (Lipinski definition) is 2. The molecule has 3 N–H and O–H groups in total. The van der Waals surface area contributed by atoms with E-state index in [1.807, 2.05) is 30.3 Å². The molecule has 0 bridgehead atoms. The lowest BCUT2D eigenvalue weighted by molar-refractivity contribution is 0.0234. The molecule has 0 aromatic heterocycles. The van der Waals surface area contributed by atoms with Crippen LogP contribution in [-0.2, 0) is 4.74 Å². The molecule has 28 heavy (non-hydrogen) atoms. The van der Waals surface area contributed by atoms with Crippen LogP contribution in [0.25, 0.3) is 0 Å². The smallest absolute Gasteiger partial charge is 0.173 e. The molecule has 6 nitrogen and oxygen atoms in total. The molecule has 3 unspecified atom stereocenters. The van der Waals surface area contributed by atoms with Gasteiger partial charge in [0.25, 0.3) is 0 Å². The van der Waals surface area contributed by atoms with E-state index >= 15 is 0 Å². The zero-order chi connectivity index (χ0) is 20.2. The van der Waals surface area contributed by atoms with Crippen molar-refractivity contribution >= 4 is 0 Å². The lowest BCUT2D eigenvalue weighted by atomic mass is 10.00. The average molecular weight is 389 g/mol. The van der Waals surface area contributed by atoms with Gasteiger partial charge in [-0.05, 0) is 55.2 Å². The maximum absolute atomic E-state index is 10.3. The van der Waals surface area contributed by atoms with Crippen LogP contribution in [0.15, 0.2) is 54.6 Å². The van der Waals surface area contributed by atoms with E-state index in [-0.39, 0.29) is 5.92 Å². The Morgan fingerprint density at radius 1 is 0.857 bits per heavy atom. The third kappa shape index (κ3) is 8.17. The van der Waals surface area contributed by atoms with Crippen LogP contribution in [0.2, 0.25) is 0 Å². The number of aliphatic hydroxyl groups is 1. The van der Waals surface area contributed by atoms with Crippen LogP contribution < -0.4 is 19.9 Å². The van der Waals surface area contributed by atoms with Gasteiger partial charge in [-0.3, -0.25) is 5.73 Å². The minimum atomic E-state index is -0.794. The largest absolute Gasteiger partial charge is 0.494 e. The zero-order valence-electron chi connectivity index (χ0n) is 16.6. The van der Waals surface area contributed by atoms with Crippen molar-refractivity contribution in [1.29, 1.82) is 0 Å². The number of para-hydroxylation sites is 1. The Hall–Kier alpha value is -2.28. The number of aliphatic hydroxyl groups excluding tert-OH is 1. The first kappa shape index (κ1) is 22.0. The van der Waals surface area contributed by atoms with Crippen molar-refractivity contribution in [2.45, 2.75) is 32.1 Å². The highest BCUT2D eigenvalue weighted by Gasteiger charge is 2.19. The van der Waals surface area contributed by atoms with Gasteiger partial charge in [0.1, 0.15) is 30.0 Å². The summed E-state index contributed by atoms with van der Waals surface area (Å²) in [5.74, 6) is 2.42. The summed E-state index contributed by atoms with van der Waals surface area (Å²) in [5.41, 5.74) is 6.00. The minimum absolute atomic E-state index is 0.255. The van der Waals surface area contributed by atoms with E-state index in [4.69, 9.17) is 24.7 Å². The van der Waals surface area contributed by atoms with E-state index in [0.29, 0.717) is 32.0 Å². The van der Waals surface area contributed by atoms with E-state index in [0.717, 1.165) is 17.9 Å². The van der Waals surface area contributed by atoms with Gasteiger partial charge in [0, 0.05) is 7.11 Å². The van der Waals surface area contributed by atoms with E-state index < -0.39 is 12.3 Å². The molecule has 0 fully saturated rings. The van der Waals surface area contributed by atoms with Crippen LogP contribution in [0.4, 0.5) is 0 Å². The van der Waals surface area contributed by atoms with Crippen molar-refractivity contribution < 1.29 is 24.1 Å². The normalized spacial score (nSPS) is 14.1. The highest BCUT2D eigenvalue weighted by atomic mass is 16.5. The fourth-order valence-electron chi connectivity index (χ4n) is 2.65. The summed E-state index contributed by atoms with van der Waals surface area (Å²) in [6.45, 7) is 3.68. The van der Waals surface area contributed by atoms with Crippen molar-refractivity contribution in [2.75, 3.05) is 26.9 Å². The molecular formula is C22H31NO5. The third-order valence-electron chi connectivity index (χ3n) is 4.30. The first-order chi connectivity index (χ1) is 13.6. The average Bonchev–Trinajstić information content (AvgIpc) is 2.70. The molecular weight excluding hydrogens is 358 g/mol. The Morgan fingerprint density at radius 2 is 1.46 bits per heavy atom. The van der Waals surface area contributed by atoms with Crippen LogP contribution in [0, 0.1) is 5.92 Å². The number of benzene rings is 2. The SMILES string of the molecule is COCCOc1ccc(OC(N)C(O)CC(C)CCOc2ccccc2)cc1. The fraction of sp³-hybridized carbons (Fsp3) is 0.455. The van der Waals surface area contributed by atoms with E-state index in [1.165, 1.54) is 0 Å². The number of nitrogens with two attached hydrogens (primary N) is 1. The Bertz CT molecular complexity index is 650. The maximum atomic E-state index is 10.3. The molecule has 3 atom stereocenters. The van der Waals surface area contributed by atoms with Crippen molar-refractivity contribution in [2.24, 2.45) is 11.7 Å². The van der Waals surface area contributed by atoms with E-state index in [2.05, 4.69) is 6.92 Å². The molecule has 0 aliphatic heterocycles. The van der Waals surface area contributed by atoms with Crippen molar-refractivity contribution in [3.8, 4) is 17.2 Å². The summed E-state index contributed by atoms with van der Waals surface area (Å²) in [5, 5.41) is 10.3. The summed E-state index contributed by atoms with van der Waals surface area (Å²) < 4.78 is 21.8. The van der Waals surface area contributed by atoms with Crippen LogP contribution >= 0.6 is 0 Å². The Kier molecular flexibility index (Phi) is 9.62. The van der Waals surface area contributed by atoms with Crippen LogP contribution in [-0.4, -0.2) is 44.4 Å². The van der Waals surface area contributed by atoms with Crippen LogP contribution in [0.1, 0.15) is 19.8 Å². The molecule has 0 saturated carbocycles. The van der Waals surface area contributed by atoms with Gasteiger partial charge in [0.2, 0.25) is 0 Å². The fourth-order valence-corrected chi connectivity index (χ4v) is 2.65. The highest BCUT2D eigenvalue weighted by molar-refractivity contribution is 5.31. The summed E-state index contributed by atoms with van der Waals surface area (Å²) in [4.78, 5) is 0. The van der Waals surface area contributed by atoms with E-state index in [1.54, 1.807) is 31.4 Å². The van der Waals surface area contributed by atoms with Crippen LogP contribution in [0.5, 0.6) is 17.2 Å². The second-order valence-corrected chi connectivity index (χ2v) is 6.75. The van der Waals surface area contributed by atoms with Crippen molar-refractivity contribution in [1.82, 2.24) is 0 Å². The summed E-state index contributed by atoms with van der Waals surface area (Å²) >= 11 is 0. The predicted molar refractivity (Wildman–Crippen MR) is 109 cm³/mol. The summed E-state index contributed by atoms with van der Waals surface area (Å²) in [7, 11) is 1.63. The Morgan fingerprint density at radius 3 is 2.14 bits per heavy atom. The predicted octanol–water partition coefficient (Wildman–Crippen LogP) is 3.23. The van der Waals surface area contributed by atoms with Gasteiger partial charge in [0.05, 0.1) is 13.2 Å². The molecule has 6 heteroatoms. The van der Waals surface area contributed by atoms with Gasteiger partial charge in [-0.1, -0.05) is 25.1 Å². The van der Waals surface area contributed by atoms with E-state index in [9.17, 15) is 5.11 Å². The Labute approximate surface area is 167 Å². The molecule has 2 aromatic rings. The lowest BCUT2D eigenvalue weighted by Crippen LogP contribution is -2.40. The molecule has 0 amide bonds. The van der Waals surface area contributed by atoms with Gasteiger partial charge < -0.3 is 24.1 Å². The molecule has 2 rings (SSSR count). The first-order valence-electron chi connectivity index (χ1n) is 9.58. The summed E-state index contributed by atoms with van der Waals surface area (Å²) in [6.07, 6.45) is -0.189. The molecule has 0 spiro atoms. The molecule has 0 radical (unpaired) electrons. The highest BCUT2D eigenvalue weighted by Crippen LogP contribution is 2.20. The van der Waals surface area contributed by atoms with Crippen molar-refractivity contribution in [3.05, 3.63) is 54.6 Å². The van der Waals surface area contributed by atoms with Gasteiger partial charge in [-0.2, -0.15) is 0 Å². The standard InChI is InChI=1S/C22H31NO5/c1-17(12-13-26-18-6-4-3-5-7-18)16-21(24)22(23)28-20-10-8-19(9-11-20)27-15-14-25-2/h3-11,17,21-22,24H,12-16,23H2,1-2H3. The van der Waals surface area contributed by atoms with Gasteiger partial charge in [-0.25, -0.2) is 0 Å². The molecule has 0 saturated heterocycles. The zero-order valence-corrected chi connectivity index (χ0v) is 16.6. The monoisotopic (exact) mass is 389 g/mol. The lowest BCUT2D eigenvalue weighted by Gasteiger charge is -2.23. The number of methoxy groups -OCH3 is 1. The number of hydrogen-bond acceptors (Lipinski definition) is 6. The number of ether oxygens (including phenoxy) is 4. The summed E-state index contributed by atoms with van der Waals surface area (Å²) in [6, 6.07) is 16.8.